The van der Waals surface area contributed by atoms with Gasteiger partial charge in [0.25, 0.3) is 5.91 Å². The third kappa shape index (κ3) is 2.85. The smallest absolute Gasteiger partial charge is 0.255 e. The average molecular weight is 224 g/mol. The predicted octanol–water partition coefficient (Wildman–Crippen LogP) is 0.0923. The van der Waals surface area contributed by atoms with Crippen molar-refractivity contribution in [1.29, 1.82) is 0 Å². The molecule has 0 aliphatic heterocycles. The van der Waals surface area contributed by atoms with E-state index in [-0.39, 0.29) is 5.92 Å². The van der Waals surface area contributed by atoms with Crippen LogP contribution in [0.15, 0.2) is 16.7 Å². The van der Waals surface area contributed by atoms with Gasteiger partial charge in [-0.2, -0.15) is 0 Å². The molecular formula is C11H14NO4-. The minimum atomic E-state index is -1.29. The SMILES string of the molecule is Cc1cc(C(=O)N[C@H](C(=O)[O-])C(C)C)co1. The Labute approximate surface area is 93.4 Å². The number of furan rings is 1. The molecule has 0 saturated carbocycles. The van der Waals surface area contributed by atoms with Gasteiger partial charge < -0.3 is 19.6 Å². The van der Waals surface area contributed by atoms with Crippen molar-refractivity contribution in [3.63, 3.8) is 0 Å². The lowest BCUT2D eigenvalue weighted by molar-refractivity contribution is -0.309. The van der Waals surface area contributed by atoms with Crippen LogP contribution in [0.5, 0.6) is 0 Å². The number of aliphatic carboxylic acids is 1. The number of hydrogen-bond acceptors (Lipinski definition) is 4. The highest BCUT2D eigenvalue weighted by Crippen LogP contribution is 2.08. The molecule has 0 fully saturated rings. The van der Waals surface area contributed by atoms with E-state index in [0.29, 0.717) is 11.3 Å². The fourth-order valence-electron chi connectivity index (χ4n) is 1.28. The van der Waals surface area contributed by atoms with Crippen LogP contribution in [-0.4, -0.2) is 17.9 Å². The van der Waals surface area contributed by atoms with Crippen LogP contribution >= 0.6 is 0 Å². The molecule has 1 heterocycles. The molecule has 5 nitrogen and oxygen atoms in total. The highest BCUT2D eigenvalue weighted by atomic mass is 16.4. The van der Waals surface area contributed by atoms with Crippen LogP contribution in [0.2, 0.25) is 0 Å². The first-order valence-electron chi connectivity index (χ1n) is 4.98. The summed E-state index contributed by atoms with van der Waals surface area (Å²) >= 11 is 0. The minimum absolute atomic E-state index is 0.234. The Morgan fingerprint density at radius 3 is 2.44 bits per heavy atom. The van der Waals surface area contributed by atoms with Crippen molar-refractivity contribution in [3.05, 3.63) is 23.7 Å². The zero-order valence-electron chi connectivity index (χ0n) is 9.44. The van der Waals surface area contributed by atoms with Crippen LogP contribution in [0.25, 0.3) is 0 Å². The Kier molecular flexibility index (Phi) is 3.71. The Hall–Kier alpha value is -1.78. The van der Waals surface area contributed by atoms with Crippen molar-refractivity contribution in [2.24, 2.45) is 5.92 Å². The number of hydrogen-bond donors (Lipinski definition) is 1. The first kappa shape index (κ1) is 12.3. The van der Waals surface area contributed by atoms with Gasteiger partial charge in [0.15, 0.2) is 0 Å². The second-order valence-corrected chi connectivity index (χ2v) is 3.96. The van der Waals surface area contributed by atoms with Gasteiger partial charge in [-0.3, -0.25) is 4.79 Å². The Balaban J connectivity index is 2.73. The third-order valence-electron chi connectivity index (χ3n) is 2.20. The number of aryl methyl sites for hydroxylation is 1. The predicted molar refractivity (Wildman–Crippen MR) is 54.5 cm³/mol. The van der Waals surface area contributed by atoms with Crippen LogP contribution in [0.1, 0.15) is 30.0 Å². The van der Waals surface area contributed by atoms with E-state index in [0.717, 1.165) is 0 Å². The number of carboxylic acids is 1. The Bertz CT molecular complexity index is 394. The lowest BCUT2D eigenvalue weighted by Gasteiger charge is -2.22. The Morgan fingerprint density at radius 1 is 1.44 bits per heavy atom. The first-order chi connectivity index (χ1) is 7.41. The molecule has 0 aromatic carbocycles. The summed E-state index contributed by atoms with van der Waals surface area (Å²) < 4.78 is 4.96. The van der Waals surface area contributed by atoms with Gasteiger partial charge in [-0.25, -0.2) is 0 Å². The summed E-state index contributed by atoms with van der Waals surface area (Å²) in [6.45, 7) is 5.10. The monoisotopic (exact) mass is 224 g/mol. The summed E-state index contributed by atoms with van der Waals surface area (Å²) in [5.41, 5.74) is 0.310. The molecule has 1 aromatic rings. The number of amides is 1. The number of carbonyl (C=O) groups is 2. The highest BCUT2D eigenvalue weighted by molar-refractivity contribution is 5.96. The third-order valence-corrected chi connectivity index (χ3v) is 2.20. The fourth-order valence-corrected chi connectivity index (χ4v) is 1.28. The molecule has 1 aromatic heterocycles. The largest absolute Gasteiger partial charge is 0.548 e. The molecule has 1 rings (SSSR count). The second kappa shape index (κ2) is 4.83. The number of carbonyl (C=O) groups excluding carboxylic acids is 2. The maximum atomic E-state index is 11.6. The normalized spacial score (nSPS) is 12.5. The van der Waals surface area contributed by atoms with Gasteiger partial charge in [0.05, 0.1) is 17.6 Å². The van der Waals surface area contributed by atoms with Gasteiger partial charge in [-0.15, -0.1) is 0 Å². The lowest BCUT2D eigenvalue weighted by Crippen LogP contribution is -2.50. The molecule has 0 aliphatic rings. The fraction of sp³-hybridized carbons (Fsp3) is 0.455. The summed E-state index contributed by atoms with van der Waals surface area (Å²) in [4.78, 5) is 22.4. The van der Waals surface area contributed by atoms with Crippen molar-refractivity contribution < 1.29 is 19.1 Å². The van der Waals surface area contributed by atoms with E-state index in [1.807, 2.05) is 0 Å². The molecule has 88 valence electrons. The van der Waals surface area contributed by atoms with Crippen molar-refractivity contribution in [3.8, 4) is 0 Å². The van der Waals surface area contributed by atoms with Gasteiger partial charge in [0, 0.05) is 0 Å². The van der Waals surface area contributed by atoms with Crippen LogP contribution in [0.4, 0.5) is 0 Å². The minimum Gasteiger partial charge on any atom is -0.548 e. The Morgan fingerprint density at radius 2 is 2.06 bits per heavy atom. The topological polar surface area (TPSA) is 82.4 Å². The molecule has 1 amide bonds. The molecular weight excluding hydrogens is 210 g/mol. The zero-order chi connectivity index (χ0) is 12.3. The van der Waals surface area contributed by atoms with E-state index < -0.39 is 17.9 Å². The molecule has 0 saturated heterocycles. The maximum Gasteiger partial charge on any atom is 0.255 e. The number of nitrogens with one attached hydrogen (secondary N) is 1. The van der Waals surface area contributed by atoms with Crippen LogP contribution < -0.4 is 10.4 Å². The highest BCUT2D eigenvalue weighted by Gasteiger charge is 2.18. The van der Waals surface area contributed by atoms with Crippen LogP contribution in [-0.2, 0) is 4.79 Å². The number of rotatable bonds is 4. The molecule has 0 aliphatic carbocycles. The maximum absolute atomic E-state index is 11.6. The number of carboxylic acid groups (broad SMARTS) is 1. The molecule has 1 atom stereocenters. The molecule has 0 unspecified atom stereocenters. The van der Waals surface area contributed by atoms with Gasteiger partial charge in [0.1, 0.15) is 12.0 Å². The summed E-state index contributed by atoms with van der Waals surface area (Å²) in [7, 11) is 0. The van der Waals surface area contributed by atoms with Crippen LogP contribution in [0, 0.1) is 12.8 Å². The second-order valence-electron chi connectivity index (χ2n) is 3.96. The summed E-state index contributed by atoms with van der Waals surface area (Å²) in [5.74, 6) is -1.40. The zero-order valence-corrected chi connectivity index (χ0v) is 9.44. The van der Waals surface area contributed by atoms with Gasteiger partial charge in [0.2, 0.25) is 0 Å². The molecule has 1 N–H and O–H groups in total. The standard InChI is InChI=1S/C11H15NO4/c1-6(2)9(11(14)15)12-10(13)8-4-7(3)16-5-8/h4-6,9H,1-3H3,(H,12,13)(H,14,15)/p-1/t9-/m0/s1. The van der Waals surface area contributed by atoms with Gasteiger partial charge in [-0.1, -0.05) is 13.8 Å². The van der Waals surface area contributed by atoms with Crippen molar-refractivity contribution in [2.75, 3.05) is 0 Å². The molecule has 0 bridgehead atoms. The van der Waals surface area contributed by atoms with Gasteiger partial charge in [-0.05, 0) is 18.9 Å². The molecule has 16 heavy (non-hydrogen) atoms. The molecule has 0 radical (unpaired) electrons. The van der Waals surface area contributed by atoms with E-state index in [4.69, 9.17) is 4.42 Å². The van der Waals surface area contributed by atoms with E-state index in [9.17, 15) is 14.7 Å². The van der Waals surface area contributed by atoms with E-state index in [1.165, 1.54) is 6.26 Å². The lowest BCUT2D eigenvalue weighted by atomic mass is 10.0. The summed E-state index contributed by atoms with van der Waals surface area (Å²) in [6, 6.07) is 0.546. The van der Waals surface area contributed by atoms with Gasteiger partial charge >= 0.3 is 0 Å². The van der Waals surface area contributed by atoms with E-state index in [2.05, 4.69) is 5.32 Å². The summed E-state index contributed by atoms with van der Waals surface area (Å²) in [5, 5.41) is 13.1. The van der Waals surface area contributed by atoms with Crippen molar-refractivity contribution >= 4 is 11.9 Å². The average Bonchev–Trinajstić information content (AvgIpc) is 2.59. The van der Waals surface area contributed by atoms with E-state index in [1.54, 1.807) is 26.8 Å². The molecule has 5 heteroatoms. The van der Waals surface area contributed by atoms with Crippen molar-refractivity contribution in [2.45, 2.75) is 26.8 Å². The quantitative estimate of drug-likeness (QED) is 0.785. The van der Waals surface area contributed by atoms with Crippen molar-refractivity contribution in [1.82, 2.24) is 5.32 Å². The molecule has 0 spiro atoms. The summed E-state index contributed by atoms with van der Waals surface area (Å²) in [6.07, 6.45) is 1.29. The van der Waals surface area contributed by atoms with E-state index >= 15 is 0 Å². The first-order valence-corrected chi connectivity index (χ1v) is 4.98. The van der Waals surface area contributed by atoms with Crippen LogP contribution in [0.3, 0.4) is 0 Å².